The molecule has 44 heavy (non-hydrogen) atoms. The minimum absolute atomic E-state index is 0.0434. The fourth-order valence-electron chi connectivity index (χ4n) is 3.40. The first-order valence-electron chi connectivity index (χ1n) is 11.7. The number of carboxylic acid groups (broad SMARTS) is 1. The molecule has 0 saturated carbocycles. The van der Waals surface area contributed by atoms with Gasteiger partial charge < -0.3 is 9.84 Å². The summed E-state index contributed by atoms with van der Waals surface area (Å²) in [5, 5.41) is 32.9. The van der Waals surface area contributed by atoms with E-state index in [-0.39, 0.29) is 23.5 Å². The molecule has 10 nitrogen and oxygen atoms in total. The van der Waals surface area contributed by atoms with Crippen molar-refractivity contribution in [3.05, 3.63) is 94.1 Å². The highest BCUT2D eigenvalue weighted by Gasteiger charge is 2.37. The molecule has 0 spiro atoms. The Hall–Kier alpha value is -5.78. The van der Waals surface area contributed by atoms with Crippen LogP contribution in [0.2, 0.25) is 0 Å². The van der Waals surface area contributed by atoms with Crippen LogP contribution in [0.5, 0.6) is 0 Å². The Morgan fingerprint density at radius 2 is 1.20 bits per heavy atom. The number of alkyl halides is 6. The van der Waals surface area contributed by atoms with Gasteiger partial charge in [0, 0.05) is 12.1 Å². The zero-order valence-electron chi connectivity index (χ0n) is 21.7. The van der Waals surface area contributed by atoms with E-state index in [9.17, 15) is 44.7 Å². The number of aromatic carboxylic acids is 1. The second-order valence-electron chi connectivity index (χ2n) is 8.23. The molecular weight excluding hydrogens is 612 g/mol. The lowest BCUT2D eigenvalue weighted by molar-refractivity contribution is -0.142. The molecule has 2 heterocycles. The molecule has 0 aliphatic rings. The summed E-state index contributed by atoms with van der Waals surface area (Å²) in [5.41, 5.74) is -4.99. The van der Waals surface area contributed by atoms with E-state index in [0.29, 0.717) is 21.5 Å². The summed E-state index contributed by atoms with van der Waals surface area (Å²) < 4.78 is 109. The van der Waals surface area contributed by atoms with Gasteiger partial charge in [0.25, 0.3) is 0 Å². The number of esters is 1. The minimum Gasteiger partial charge on any atom is -0.477 e. The highest BCUT2D eigenvalue weighted by atomic mass is 19.4. The molecule has 0 aliphatic heterocycles. The second-order valence-corrected chi connectivity index (χ2v) is 8.23. The third-order valence-electron chi connectivity index (χ3n) is 5.33. The van der Waals surface area contributed by atoms with E-state index < -0.39 is 64.3 Å². The fourth-order valence-corrected chi connectivity index (χ4v) is 3.40. The van der Waals surface area contributed by atoms with Gasteiger partial charge in [-0.1, -0.05) is 0 Å². The van der Waals surface area contributed by atoms with Gasteiger partial charge in [-0.05, 0) is 43.3 Å². The van der Waals surface area contributed by atoms with Crippen LogP contribution in [0.25, 0.3) is 11.4 Å². The Kier molecular flexibility index (Phi) is 9.38. The second kappa shape index (κ2) is 12.6. The molecule has 0 radical (unpaired) electrons. The predicted molar refractivity (Wildman–Crippen MR) is 129 cm³/mol. The summed E-state index contributed by atoms with van der Waals surface area (Å²) in [6.07, 6.45) is -9.60. The van der Waals surface area contributed by atoms with Crippen LogP contribution in [-0.4, -0.2) is 43.2 Å². The Morgan fingerprint density at radius 3 is 1.57 bits per heavy atom. The van der Waals surface area contributed by atoms with Crippen LogP contribution in [0.4, 0.5) is 35.1 Å². The molecule has 0 aliphatic carbocycles. The lowest BCUT2D eigenvalue weighted by atomic mass is 10.2. The predicted octanol–water partition coefficient (Wildman–Crippen LogP) is 5.68. The third kappa shape index (κ3) is 7.16. The highest BCUT2D eigenvalue weighted by Crippen LogP contribution is 2.31. The van der Waals surface area contributed by atoms with E-state index >= 15 is 0 Å². The van der Waals surface area contributed by atoms with E-state index in [1.54, 1.807) is 6.07 Å². The van der Waals surface area contributed by atoms with Gasteiger partial charge in [0.1, 0.15) is 23.8 Å². The van der Waals surface area contributed by atoms with E-state index in [1.807, 2.05) is 0 Å². The molecular formula is C26H14F8N6O4. The number of rotatable bonds is 5. The monoisotopic (exact) mass is 626 g/mol. The number of nitriles is 2. The summed E-state index contributed by atoms with van der Waals surface area (Å²) in [6, 6.07) is 9.73. The van der Waals surface area contributed by atoms with Gasteiger partial charge in [-0.3, -0.25) is 0 Å². The van der Waals surface area contributed by atoms with Crippen molar-refractivity contribution in [2.45, 2.75) is 19.3 Å². The molecule has 0 amide bonds. The van der Waals surface area contributed by atoms with Crippen LogP contribution in [0.1, 0.15) is 50.4 Å². The first-order valence-corrected chi connectivity index (χ1v) is 11.7. The summed E-state index contributed by atoms with van der Waals surface area (Å²) in [6.45, 7) is 1.45. The Labute approximate surface area is 240 Å². The van der Waals surface area contributed by atoms with Crippen LogP contribution in [-0.2, 0) is 17.1 Å². The number of benzene rings is 2. The molecule has 0 saturated heterocycles. The maximum Gasteiger partial charge on any atom is 0.435 e. The molecule has 0 bridgehead atoms. The Morgan fingerprint density at radius 1 is 0.795 bits per heavy atom. The highest BCUT2D eigenvalue weighted by molar-refractivity contribution is 5.88. The molecule has 2 aromatic heterocycles. The SMILES string of the molecule is CCOC(=O)c1cc(C(F)(F)F)nn1-c1ccc(F)c(C#N)c1.N#Cc1cc(-n2nc(C(F)(F)F)cc2C(=O)O)ccc1F. The normalized spacial score (nSPS) is 11.2. The zero-order valence-corrected chi connectivity index (χ0v) is 21.7. The van der Waals surface area contributed by atoms with E-state index in [0.717, 1.165) is 36.4 Å². The number of carboxylic acids is 1. The van der Waals surface area contributed by atoms with Gasteiger partial charge in [0.15, 0.2) is 22.8 Å². The van der Waals surface area contributed by atoms with Crippen LogP contribution in [0, 0.1) is 34.3 Å². The molecule has 0 fully saturated rings. The largest absolute Gasteiger partial charge is 0.477 e. The number of ether oxygens (including phenoxy) is 1. The number of carbonyl (C=O) groups excluding carboxylic acids is 1. The van der Waals surface area contributed by atoms with Crippen LogP contribution >= 0.6 is 0 Å². The standard InChI is InChI=1S/C14H9F4N3O2.C12H5F4N3O2/c1-2-23-13(22)11-6-12(14(16,17)18)20-21(11)9-3-4-10(15)8(5-9)7-19;13-8-2-1-7(3-6(8)5-17)19-9(11(20)21)4-10(18-19)12(14,15)16/h3-6H,2H2,1H3;1-4H,(H,20,21). The van der Waals surface area contributed by atoms with Crippen molar-refractivity contribution in [2.24, 2.45) is 0 Å². The number of nitrogens with zero attached hydrogens (tertiary/aromatic N) is 6. The smallest absolute Gasteiger partial charge is 0.435 e. The van der Waals surface area contributed by atoms with E-state index in [2.05, 4.69) is 10.2 Å². The number of halogens is 8. The molecule has 4 rings (SSSR count). The Bertz CT molecular complexity index is 1810. The number of aromatic nitrogens is 4. The average molecular weight is 626 g/mol. The van der Waals surface area contributed by atoms with Crippen molar-refractivity contribution in [3.8, 4) is 23.5 Å². The number of hydrogen-bond donors (Lipinski definition) is 1. The van der Waals surface area contributed by atoms with Gasteiger partial charge in [0.05, 0.1) is 29.1 Å². The van der Waals surface area contributed by atoms with Gasteiger partial charge in [-0.15, -0.1) is 0 Å². The summed E-state index contributed by atoms with van der Waals surface area (Å²) in [5.74, 6) is -4.36. The van der Waals surface area contributed by atoms with Crippen molar-refractivity contribution >= 4 is 11.9 Å². The van der Waals surface area contributed by atoms with Gasteiger partial charge in [-0.2, -0.15) is 47.1 Å². The quantitative estimate of drug-likeness (QED) is 0.220. The molecule has 18 heteroatoms. The van der Waals surface area contributed by atoms with E-state index in [1.165, 1.54) is 13.0 Å². The number of hydrogen-bond acceptors (Lipinski definition) is 7. The molecule has 0 unspecified atom stereocenters. The summed E-state index contributed by atoms with van der Waals surface area (Å²) >= 11 is 0. The van der Waals surface area contributed by atoms with E-state index in [4.69, 9.17) is 20.4 Å². The molecule has 1 N–H and O–H groups in total. The van der Waals surface area contributed by atoms with Crippen LogP contribution in [0.15, 0.2) is 48.5 Å². The summed E-state index contributed by atoms with van der Waals surface area (Å²) in [4.78, 5) is 22.8. The molecule has 0 atom stereocenters. The van der Waals surface area contributed by atoms with Gasteiger partial charge in [-0.25, -0.2) is 27.7 Å². The van der Waals surface area contributed by atoms with Crippen LogP contribution in [0.3, 0.4) is 0 Å². The minimum atomic E-state index is -4.83. The van der Waals surface area contributed by atoms with Crippen molar-refractivity contribution in [2.75, 3.05) is 6.61 Å². The van der Waals surface area contributed by atoms with Crippen molar-refractivity contribution < 1.29 is 54.6 Å². The zero-order chi connectivity index (χ0) is 33.0. The van der Waals surface area contributed by atoms with Gasteiger partial charge >= 0.3 is 24.3 Å². The molecule has 228 valence electrons. The third-order valence-corrected chi connectivity index (χ3v) is 5.33. The maximum absolute atomic E-state index is 13.3. The molecule has 4 aromatic rings. The topological polar surface area (TPSA) is 147 Å². The lowest BCUT2D eigenvalue weighted by Crippen LogP contribution is -2.12. The maximum atomic E-state index is 13.3. The van der Waals surface area contributed by atoms with Crippen molar-refractivity contribution in [1.82, 2.24) is 19.6 Å². The summed E-state index contributed by atoms with van der Waals surface area (Å²) in [7, 11) is 0. The first-order chi connectivity index (χ1) is 20.5. The van der Waals surface area contributed by atoms with Crippen molar-refractivity contribution in [1.29, 1.82) is 10.5 Å². The lowest BCUT2D eigenvalue weighted by Gasteiger charge is -2.07. The fraction of sp³-hybridized carbons (Fsp3) is 0.154. The average Bonchev–Trinajstić information content (AvgIpc) is 3.60. The number of carbonyl (C=O) groups is 2. The van der Waals surface area contributed by atoms with Crippen LogP contribution < -0.4 is 0 Å². The Balaban J connectivity index is 0.000000241. The van der Waals surface area contributed by atoms with Crippen molar-refractivity contribution in [3.63, 3.8) is 0 Å². The molecule has 2 aromatic carbocycles. The first kappa shape index (κ1) is 32.7. The van der Waals surface area contributed by atoms with Gasteiger partial charge in [0.2, 0.25) is 0 Å².